The number of amides is 2. The Balaban J connectivity index is 1.83. The molecule has 0 aliphatic carbocycles. The number of likely N-dealkylation sites (tertiary alicyclic amines) is 1. The van der Waals surface area contributed by atoms with Gasteiger partial charge in [-0.15, -0.1) is 11.3 Å². The van der Waals surface area contributed by atoms with Crippen LogP contribution in [0.3, 0.4) is 0 Å². The van der Waals surface area contributed by atoms with Gasteiger partial charge in [0, 0.05) is 17.5 Å². The number of thiazole rings is 1. The first-order valence-corrected chi connectivity index (χ1v) is 8.16. The molecule has 2 amide bonds. The SMILES string of the molecule is NC(=O)C1CCCCN1C(=O)c1csc(-c2ccccc2)n1. The Morgan fingerprint density at radius 2 is 2.00 bits per heavy atom. The Hall–Kier alpha value is -2.21. The smallest absolute Gasteiger partial charge is 0.274 e. The molecule has 1 aliphatic rings. The van der Waals surface area contributed by atoms with E-state index in [9.17, 15) is 9.59 Å². The Bertz CT molecular complexity index is 684. The van der Waals surface area contributed by atoms with Gasteiger partial charge >= 0.3 is 0 Å². The summed E-state index contributed by atoms with van der Waals surface area (Å²) >= 11 is 1.43. The number of piperidine rings is 1. The Morgan fingerprint density at radius 3 is 2.73 bits per heavy atom. The van der Waals surface area contributed by atoms with E-state index in [2.05, 4.69) is 4.98 Å². The van der Waals surface area contributed by atoms with Crippen LogP contribution in [0.1, 0.15) is 29.8 Å². The molecule has 1 fully saturated rings. The van der Waals surface area contributed by atoms with Crippen LogP contribution in [0.2, 0.25) is 0 Å². The van der Waals surface area contributed by atoms with Gasteiger partial charge in [0.15, 0.2) is 0 Å². The molecule has 1 aromatic carbocycles. The molecule has 5 nitrogen and oxygen atoms in total. The van der Waals surface area contributed by atoms with Crippen molar-refractivity contribution >= 4 is 23.2 Å². The van der Waals surface area contributed by atoms with Crippen LogP contribution in [-0.2, 0) is 4.79 Å². The van der Waals surface area contributed by atoms with E-state index >= 15 is 0 Å². The summed E-state index contributed by atoms with van der Waals surface area (Å²) in [6, 6.07) is 9.22. The van der Waals surface area contributed by atoms with Crippen molar-refractivity contribution in [3.63, 3.8) is 0 Å². The Labute approximate surface area is 132 Å². The van der Waals surface area contributed by atoms with Crippen molar-refractivity contribution in [1.29, 1.82) is 0 Å². The summed E-state index contributed by atoms with van der Waals surface area (Å²) in [6.07, 6.45) is 2.45. The van der Waals surface area contributed by atoms with E-state index in [0.717, 1.165) is 23.4 Å². The largest absolute Gasteiger partial charge is 0.368 e. The molecule has 1 saturated heterocycles. The van der Waals surface area contributed by atoms with Crippen LogP contribution in [0.5, 0.6) is 0 Å². The normalized spacial score (nSPS) is 18.2. The van der Waals surface area contributed by atoms with Crippen LogP contribution in [0.15, 0.2) is 35.7 Å². The number of nitrogens with zero attached hydrogens (tertiary/aromatic N) is 2. The van der Waals surface area contributed by atoms with Crippen LogP contribution in [0, 0.1) is 0 Å². The van der Waals surface area contributed by atoms with E-state index in [-0.39, 0.29) is 5.91 Å². The maximum Gasteiger partial charge on any atom is 0.274 e. The fourth-order valence-electron chi connectivity index (χ4n) is 2.70. The third kappa shape index (κ3) is 2.87. The van der Waals surface area contributed by atoms with Gasteiger partial charge in [-0.2, -0.15) is 0 Å². The second-order valence-corrected chi connectivity index (χ2v) is 6.17. The van der Waals surface area contributed by atoms with E-state index in [0.29, 0.717) is 18.7 Å². The first-order chi connectivity index (χ1) is 10.7. The molecule has 6 heteroatoms. The second kappa shape index (κ2) is 6.27. The van der Waals surface area contributed by atoms with Crippen molar-refractivity contribution in [1.82, 2.24) is 9.88 Å². The van der Waals surface area contributed by atoms with Gasteiger partial charge in [0.2, 0.25) is 5.91 Å². The van der Waals surface area contributed by atoms with Crippen LogP contribution in [0.4, 0.5) is 0 Å². The van der Waals surface area contributed by atoms with E-state index in [1.54, 1.807) is 10.3 Å². The summed E-state index contributed by atoms with van der Waals surface area (Å²) in [5, 5.41) is 2.55. The minimum absolute atomic E-state index is 0.207. The molecular formula is C16H17N3O2S. The lowest BCUT2D eigenvalue weighted by atomic mass is 10.0. The molecule has 114 valence electrons. The number of benzene rings is 1. The van der Waals surface area contributed by atoms with E-state index in [4.69, 9.17) is 5.73 Å². The molecule has 1 unspecified atom stereocenters. The first-order valence-electron chi connectivity index (χ1n) is 7.28. The monoisotopic (exact) mass is 315 g/mol. The van der Waals surface area contributed by atoms with Gasteiger partial charge in [0.25, 0.3) is 5.91 Å². The van der Waals surface area contributed by atoms with E-state index < -0.39 is 11.9 Å². The van der Waals surface area contributed by atoms with Crippen molar-refractivity contribution in [2.24, 2.45) is 5.73 Å². The Kier molecular flexibility index (Phi) is 4.20. The van der Waals surface area contributed by atoms with Gasteiger partial charge in [0.05, 0.1) is 0 Å². The standard InChI is InChI=1S/C16H17N3O2S/c17-14(20)13-8-4-5-9-19(13)16(21)12-10-22-15(18-12)11-6-2-1-3-7-11/h1-3,6-7,10,13H,4-5,8-9H2,(H2,17,20). The summed E-state index contributed by atoms with van der Waals surface area (Å²) in [5.41, 5.74) is 6.79. The molecule has 3 rings (SSSR count). The number of carbonyl (C=O) groups excluding carboxylic acids is 2. The van der Waals surface area contributed by atoms with Crippen molar-refractivity contribution in [3.8, 4) is 10.6 Å². The van der Waals surface area contributed by atoms with Crippen LogP contribution in [-0.4, -0.2) is 34.3 Å². The summed E-state index contributed by atoms with van der Waals surface area (Å²) in [4.78, 5) is 30.1. The summed E-state index contributed by atoms with van der Waals surface area (Å²) in [6.45, 7) is 0.560. The maximum atomic E-state index is 12.6. The zero-order chi connectivity index (χ0) is 15.5. The van der Waals surface area contributed by atoms with Crippen molar-refractivity contribution in [2.75, 3.05) is 6.54 Å². The molecule has 0 spiro atoms. The minimum atomic E-state index is -0.511. The van der Waals surface area contributed by atoms with Crippen molar-refractivity contribution < 1.29 is 9.59 Å². The van der Waals surface area contributed by atoms with Crippen LogP contribution in [0.25, 0.3) is 10.6 Å². The zero-order valence-corrected chi connectivity index (χ0v) is 12.9. The maximum absolute atomic E-state index is 12.6. The molecule has 1 aromatic heterocycles. The first kappa shape index (κ1) is 14.7. The van der Waals surface area contributed by atoms with Gasteiger partial charge < -0.3 is 10.6 Å². The molecule has 2 heterocycles. The minimum Gasteiger partial charge on any atom is -0.368 e. The lowest BCUT2D eigenvalue weighted by Crippen LogP contribution is -2.50. The van der Waals surface area contributed by atoms with E-state index in [1.165, 1.54) is 11.3 Å². The van der Waals surface area contributed by atoms with Gasteiger partial charge in [-0.25, -0.2) is 4.98 Å². The number of carbonyl (C=O) groups is 2. The highest BCUT2D eigenvalue weighted by Gasteiger charge is 2.32. The molecule has 1 atom stereocenters. The number of rotatable bonds is 3. The lowest BCUT2D eigenvalue weighted by molar-refractivity contribution is -0.123. The number of hydrogen-bond donors (Lipinski definition) is 1. The van der Waals surface area contributed by atoms with Gasteiger partial charge in [-0.1, -0.05) is 30.3 Å². The number of aromatic nitrogens is 1. The van der Waals surface area contributed by atoms with Crippen molar-refractivity contribution in [2.45, 2.75) is 25.3 Å². The Morgan fingerprint density at radius 1 is 1.23 bits per heavy atom. The molecule has 0 bridgehead atoms. The topological polar surface area (TPSA) is 76.3 Å². The number of hydrogen-bond acceptors (Lipinski definition) is 4. The number of primary amides is 1. The summed E-state index contributed by atoms with van der Waals surface area (Å²) in [5.74, 6) is -0.645. The highest BCUT2D eigenvalue weighted by molar-refractivity contribution is 7.13. The molecular weight excluding hydrogens is 298 g/mol. The van der Waals surface area contributed by atoms with Gasteiger partial charge in [0.1, 0.15) is 16.7 Å². The lowest BCUT2D eigenvalue weighted by Gasteiger charge is -2.33. The quantitative estimate of drug-likeness (QED) is 0.944. The zero-order valence-electron chi connectivity index (χ0n) is 12.1. The molecule has 2 aromatic rings. The average Bonchev–Trinajstić information content (AvgIpc) is 3.05. The molecule has 0 radical (unpaired) electrons. The third-order valence-electron chi connectivity index (χ3n) is 3.84. The highest BCUT2D eigenvalue weighted by Crippen LogP contribution is 2.25. The number of nitrogens with two attached hydrogens (primary N) is 1. The summed E-state index contributed by atoms with van der Waals surface area (Å²) in [7, 11) is 0. The average molecular weight is 315 g/mol. The second-order valence-electron chi connectivity index (χ2n) is 5.32. The fourth-order valence-corrected chi connectivity index (χ4v) is 3.50. The van der Waals surface area contributed by atoms with Gasteiger partial charge in [-0.3, -0.25) is 9.59 Å². The van der Waals surface area contributed by atoms with E-state index in [1.807, 2.05) is 30.3 Å². The summed E-state index contributed by atoms with van der Waals surface area (Å²) < 4.78 is 0. The molecule has 22 heavy (non-hydrogen) atoms. The predicted molar refractivity (Wildman–Crippen MR) is 85.4 cm³/mol. The van der Waals surface area contributed by atoms with Gasteiger partial charge in [-0.05, 0) is 19.3 Å². The predicted octanol–water partition coefficient (Wildman–Crippen LogP) is 2.29. The fraction of sp³-hybridized carbons (Fsp3) is 0.312. The van der Waals surface area contributed by atoms with Crippen LogP contribution >= 0.6 is 11.3 Å². The van der Waals surface area contributed by atoms with Crippen LogP contribution < -0.4 is 5.73 Å². The molecule has 2 N–H and O–H groups in total. The van der Waals surface area contributed by atoms with Crippen molar-refractivity contribution in [3.05, 3.63) is 41.4 Å². The third-order valence-corrected chi connectivity index (χ3v) is 4.73. The molecule has 1 aliphatic heterocycles. The highest BCUT2D eigenvalue weighted by atomic mass is 32.1. The molecule has 0 saturated carbocycles.